The molecule has 0 aromatic heterocycles. The predicted molar refractivity (Wildman–Crippen MR) is 40.4 cm³/mol. The Labute approximate surface area is 66.3 Å². The van der Waals surface area contributed by atoms with Crippen molar-refractivity contribution in [3.05, 3.63) is 0 Å². The molecule has 2 bridgehead atoms. The Morgan fingerprint density at radius 2 is 1.91 bits per heavy atom. The van der Waals surface area contributed by atoms with Crippen LogP contribution in [0.1, 0.15) is 12.8 Å². The molecule has 3 nitrogen and oxygen atoms in total. The Morgan fingerprint density at radius 3 is 2.45 bits per heavy atom. The van der Waals surface area contributed by atoms with E-state index in [-0.39, 0.29) is 0 Å². The molecular formula is C8H13NO2. The summed E-state index contributed by atoms with van der Waals surface area (Å²) in [6, 6.07) is 0.713. The molecule has 0 radical (unpaired) electrons. The van der Waals surface area contributed by atoms with E-state index in [2.05, 4.69) is 11.9 Å². The molecule has 0 N–H and O–H groups in total. The van der Waals surface area contributed by atoms with Crippen LogP contribution in [0.5, 0.6) is 0 Å². The lowest BCUT2D eigenvalue weighted by molar-refractivity contribution is -0.133. The number of rotatable bonds is 0. The molecule has 62 valence electrons. The molecule has 2 aliphatic rings. The monoisotopic (exact) mass is 155 g/mol. The van der Waals surface area contributed by atoms with Crippen LogP contribution in [-0.2, 0) is 9.53 Å². The maximum absolute atomic E-state index is 11.1. The van der Waals surface area contributed by atoms with E-state index >= 15 is 0 Å². The van der Waals surface area contributed by atoms with Gasteiger partial charge in [0.25, 0.3) is 0 Å². The van der Waals surface area contributed by atoms with Crippen molar-refractivity contribution >= 4 is 5.78 Å². The zero-order chi connectivity index (χ0) is 7.84. The topological polar surface area (TPSA) is 29.5 Å². The third-order valence-corrected chi connectivity index (χ3v) is 2.70. The summed E-state index contributed by atoms with van der Waals surface area (Å²) in [5, 5.41) is 0. The fourth-order valence-corrected chi connectivity index (χ4v) is 1.89. The van der Waals surface area contributed by atoms with Crippen molar-refractivity contribution in [1.82, 2.24) is 4.90 Å². The molecule has 0 amide bonds. The second kappa shape index (κ2) is 2.57. The van der Waals surface area contributed by atoms with Gasteiger partial charge in [-0.05, 0) is 7.05 Å². The van der Waals surface area contributed by atoms with Crippen LogP contribution in [0.15, 0.2) is 0 Å². The number of likely N-dealkylation sites (N-methyl/N-ethyl adjacent to an activating group) is 1. The highest BCUT2D eigenvalue weighted by molar-refractivity contribution is 5.80. The van der Waals surface area contributed by atoms with Gasteiger partial charge in [0.05, 0.1) is 13.2 Å². The van der Waals surface area contributed by atoms with Crippen molar-refractivity contribution in [2.75, 3.05) is 20.3 Å². The maximum atomic E-state index is 11.1. The van der Waals surface area contributed by atoms with Gasteiger partial charge < -0.3 is 4.74 Å². The molecule has 11 heavy (non-hydrogen) atoms. The third kappa shape index (κ3) is 1.19. The number of fused-ring (bicyclic) bond motifs is 2. The minimum atomic E-state index is 0.356. The number of piperidine rings is 1. The molecular weight excluding hydrogens is 142 g/mol. The van der Waals surface area contributed by atoms with Gasteiger partial charge in [0.1, 0.15) is 5.78 Å². The Bertz CT molecular complexity index is 165. The summed E-state index contributed by atoms with van der Waals surface area (Å²) >= 11 is 0. The Hall–Kier alpha value is -0.410. The summed E-state index contributed by atoms with van der Waals surface area (Å²) in [5.41, 5.74) is 0. The van der Waals surface area contributed by atoms with Gasteiger partial charge in [0.2, 0.25) is 0 Å². The predicted octanol–water partition coefficient (Wildman–Crippen LogP) is 0.0485. The van der Waals surface area contributed by atoms with Crippen molar-refractivity contribution in [2.45, 2.75) is 24.9 Å². The first-order chi connectivity index (χ1) is 5.27. The van der Waals surface area contributed by atoms with Crippen LogP contribution in [0.3, 0.4) is 0 Å². The number of ether oxygens (including phenoxy) is 1. The van der Waals surface area contributed by atoms with Crippen LogP contribution in [0, 0.1) is 0 Å². The lowest BCUT2D eigenvalue weighted by Gasteiger charge is -2.42. The van der Waals surface area contributed by atoms with E-state index in [9.17, 15) is 4.79 Å². The molecule has 2 atom stereocenters. The summed E-state index contributed by atoms with van der Waals surface area (Å²) in [4.78, 5) is 13.4. The van der Waals surface area contributed by atoms with Gasteiger partial charge in [-0.2, -0.15) is 0 Å². The van der Waals surface area contributed by atoms with Gasteiger partial charge in [0.15, 0.2) is 0 Å². The summed E-state index contributed by atoms with van der Waals surface area (Å²) in [6.07, 6.45) is 1.38. The van der Waals surface area contributed by atoms with Gasteiger partial charge in [-0.25, -0.2) is 0 Å². The molecule has 0 unspecified atom stereocenters. The first kappa shape index (κ1) is 7.25. The van der Waals surface area contributed by atoms with Crippen molar-refractivity contribution in [3.63, 3.8) is 0 Å². The first-order valence-corrected chi connectivity index (χ1v) is 4.09. The average molecular weight is 155 g/mol. The van der Waals surface area contributed by atoms with E-state index in [0.717, 1.165) is 13.2 Å². The number of nitrogens with zero attached hydrogens (tertiary/aromatic N) is 1. The number of morpholine rings is 1. The fraction of sp³-hybridized carbons (Fsp3) is 0.875. The van der Waals surface area contributed by atoms with Crippen LogP contribution in [0.2, 0.25) is 0 Å². The lowest BCUT2D eigenvalue weighted by atomic mass is 9.94. The number of carbonyl (C=O) groups is 1. The molecule has 0 aromatic carbocycles. The Balaban J connectivity index is 2.12. The highest BCUT2D eigenvalue weighted by atomic mass is 16.5. The standard InChI is InChI=1S/C8H13NO2/c1-9-6-2-8(10)3-7(9)5-11-4-6/h6-7H,2-5H2,1H3/t6-,7-/m1/s1. The molecule has 0 spiro atoms. The number of Topliss-reactive ketones (excluding diaryl/α,β-unsaturated/α-hetero) is 1. The Kier molecular flexibility index (Phi) is 1.69. The number of ketones is 1. The zero-order valence-corrected chi connectivity index (χ0v) is 6.75. The molecule has 2 rings (SSSR count). The van der Waals surface area contributed by atoms with Crippen molar-refractivity contribution < 1.29 is 9.53 Å². The van der Waals surface area contributed by atoms with E-state index in [4.69, 9.17) is 4.74 Å². The summed E-state index contributed by atoms with van der Waals surface area (Å²) in [6.45, 7) is 1.47. The highest BCUT2D eigenvalue weighted by Crippen LogP contribution is 2.22. The van der Waals surface area contributed by atoms with Crippen LogP contribution in [0.25, 0.3) is 0 Å². The van der Waals surface area contributed by atoms with E-state index in [1.165, 1.54) is 0 Å². The SMILES string of the molecule is CN1[C@H]2COC[C@H]1CC(=O)C2. The van der Waals surface area contributed by atoms with Crippen LogP contribution < -0.4 is 0 Å². The van der Waals surface area contributed by atoms with Crippen molar-refractivity contribution in [2.24, 2.45) is 0 Å². The van der Waals surface area contributed by atoms with Gasteiger partial charge in [0, 0.05) is 24.9 Å². The lowest BCUT2D eigenvalue weighted by Crippen LogP contribution is -2.55. The molecule has 0 aromatic rings. The quantitative estimate of drug-likeness (QED) is 0.495. The van der Waals surface area contributed by atoms with Crippen LogP contribution in [0.4, 0.5) is 0 Å². The number of hydrogen-bond donors (Lipinski definition) is 0. The van der Waals surface area contributed by atoms with E-state index < -0.39 is 0 Å². The van der Waals surface area contributed by atoms with Gasteiger partial charge >= 0.3 is 0 Å². The summed E-state index contributed by atoms with van der Waals surface area (Å²) < 4.78 is 5.36. The van der Waals surface area contributed by atoms with Crippen molar-refractivity contribution in [1.29, 1.82) is 0 Å². The maximum Gasteiger partial charge on any atom is 0.136 e. The van der Waals surface area contributed by atoms with Crippen LogP contribution >= 0.6 is 0 Å². The van der Waals surface area contributed by atoms with Gasteiger partial charge in [-0.15, -0.1) is 0 Å². The highest BCUT2D eigenvalue weighted by Gasteiger charge is 2.35. The first-order valence-electron chi connectivity index (χ1n) is 4.09. The molecule has 2 heterocycles. The molecule has 2 fully saturated rings. The second-order valence-electron chi connectivity index (χ2n) is 3.46. The summed E-state index contributed by atoms with van der Waals surface area (Å²) in [7, 11) is 2.09. The molecule has 0 aliphatic carbocycles. The van der Waals surface area contributed by atoms with Crippen molar-refractivity contribution in [3.8, 4) is 0 Å². The normalized spacial score (nSPS) is 39.2. The Morgan fingerprint density at radius 1 is 1.36 bits per heavy atom. The average Bonchev–Trinajstić information content (AvgIpc) is 1.92. The third-order valence-electron chi connectivity index (χ3n) is 2.70. The second-order valence-corrected chi connectivity index (χ2v) is 3.46. The largest absolute Gasteiger partial charge is 0.378 e. The minimum absolute atomic E-state index is 0.356. The van der Waals surface area contributed by atoms with Crippen LogP contribution in [-0.4, -0.2) is 43.0 Å². The van der Waals surface area contributed by atoms with Gasteiger partial charge in [-0.1, -0.05) is 0 Å². The fourth-order valence-electron chi connectivity index (χ4n) is 1.89. The summed E-state index contributed by atoms with van der Waals surface area (Å²) in [5.74, 6) is 0.404. The molecule has 3 heteroatoms. The molecule has 2 saturated heterocycles. The van der Waals surface area contributed by atoms with Gasteiger partial charge in [-0.3, -0.25) is 9.69 Å². The molecule has 2 aliphatic heterocycles. The number of carbonyl (C=O) groups excluding carboxylic acids is 1. The number of hydrogen-bond acceptors (Lipinski definition) is 3. The van der Waals surface area contributed by atoms with E-state index in [1.54, 1.807) is 0 Å². The van der Waals surface area contributed by atoms with E-state index in [1.807, 2.05) is 0 Å². The zero-order valence-electron chi connectivity index (χ0n) is 6.75. The minimum Gasteiger partial charge on any atom is -0.378 e. The smallest absolute Gasteiger partial charge is 0.136 e. The molecule has 0 saturated carbocycles. The van der Waals surface area contributed by atoms with E-state index in [0.29, 0.717) is 30.7 Å².